The summed E-state index contributed by atoms with van der Waals surface area (Å²) < 4.78 is 40.7. The van der Waals surface area contributed by atoms with Crippen LogP contribution in [0.2, 0.25) is 0 Å². The van der Waals surface area contributed by atoms with Gasteiger partial charge in [0.25, 0.3) is 0 Å². The molecule has 1 saturated carbocycles. The zero-order valence-electron chi connectivity index (χ0n) is 69.5. The molecule has 646 valence electrons. The molecule has 0 aliphatic heterocycles. The second kappa shape index (κ2) is 35.5. The number of nitrogens with one attached hydrogen (secondary N) is 10. The molecule has 0 atom stereocenters. The fourth-order valence-corrected chi connectivity index (χ4v) is 19.2. The van der Waals surface area contributed by atoms with Crippen LogP contribution >= 0.6 is 45.3 Å². The fraction of sp³-hybridized carbons (Fsp3) is 0.106. The first-order valence-electron chi connectivity index (χ1n) is 41.9. The van der Waals surface area contributed by atoms with Crippen molar-refractivity contribution >= 4 is 139 Å². The number of anilines is 1. The van der Waals surface area contributed by atoms with Gasteiger partial charge in [-0.25, -0.2) is 39.9 Å². The average molecular weight is 1820 g/mol. The van der Waals surface area contributed by atoms with Gasteiger partial charge in [-0.1, -0.05) is 31.9 Å². The lowest BCUT2D eigenvalue weighted by Crippen LogP contribution is -2.20. The molecule has 132 heavy (non-hydrogen) atoms. The molecule has 0 bridgehead atoms. The molecular formula is C94H70F3N31S4. The number of aromatic amines is 8. The van der Waals surface area contributed by atoms with Crippen LogP contribution in [0.25, 0.3) is 221 Å². The number of imidazole rings is 4. The zero-order chi connectivity index (χ0) is 88.7. The van der Waals surface area contributed by atoms with Crippen molar-refractivity contribution in [3.05, 3.63) is 259 Å². The van der Waals surface area contributed by atoms with Gasteiger partial charge in [0.15, 0.2) is 61.3 Å². The maximum Gasteiger partial charge on any atom is 0.181 e. The molecule has 12 N–H and O–H groups in total. The first kappa shape index (κ1) is 81.6. The summed E-state index contributed by atoms with van der Waals surface area (Å²) in [6, 6.07) is 31.8. The van der Waals surface area contributed by atoms with Gasteiger partial charge in [-0.3, -0.25) is 60.3 Å². The van der Waals surface area contributed by atoms with E-state index in [9.17, 15) is 13.2 Å². The minimum atomic E-state index is -0.253. The topological polar surface area (TPSA) is 434 Å². The van der Waals surface area contributed by atoms with Crippen LogP contribution in [0, 0.1) is 21.3 Å². The van der Waals surface area contributed by atoms with Crippen molar-refractivity contribution in [3.8, 4) is 132 Å². The third-order valence-corrected chi connectivity index (χ3v) is 26.2. The SMILES string of the molecule is CCNCc1cncc(-c2cnc3n[nH]c(-c4nc5c(-c6ccc(F)s6)cncc5[nH]4)c3c2)c1.Fc1ccc(-c2cncc3[nH]c(-c4[nH]nc5ncc(-c6cccnc6)cc45)nc23)s1.Nc1cncc(-c2cnc3n[nH]c(-c4nc5c(-c6ccc(F)s6)cncc5[nH]4)c3c2)c1.c1csc(-c2cncc3[nH]c(-c4[nH]nc5ncc(-c6cncc(CNCC7CCCC7)c6)cc45)nc23)c1. The van der Waals surface area contributed by atoms with Crippen LogP contribution in [0.5, 0.6) is 0 Å². The second-order valence-corrected chi connectivity index (χ2v) is 35.3. The molecule has 0 radical (unpaired) electrons. The van der Waals surface area contributed by atoms with E-state index in [0.717, 1.165) is 235 Å². The summed E-state index contributed by atoms with van der Waals surface area (Å²) in [5, 5.41) is 41.3. The monoisotopic (exact) mass is 1820 g/mol. The Balaban J connectivity index is 0.000000103. The number of H-pyrrole nitrogens is 8. The lowest BCUT2D eigenvalue weighted by Gasteiger charge is -2.11. The Morgan fingerprint density at radius 1 is 0.364 bits per heavy atom. The number of fused-ring (bicyclic) bond motifs is 8. The first-order valence-corrected chi connectivity index (χ1v) is 45.2. The van der Waals surface area contributed by atoms with Crippen LogP contribution in [0.1, 0.15) is 43.7 Å². The third-order valence-electron chi connectivity index (χ3n) is 22.6. The number of thiophene rings is 4. The summed E-state index contributed by atoms with van der Waals surface area (Å²) in [4.78, 5) is 88.6. The molecule has 1 fully saturated rings. The Labute approximate surface area is 760 Å². The van der Waals surface area contributed by atoms with Gasteiger partial charge in [0.2, 0.25) is 0 Å². The molecule has 0 saturated heterocycles. The van der Waals surface area contributed by atoms with Crippen molar-refractivity contribution in [3.63, 3.8) is 0 Å². The van der Waals surface area contributed by atoms with Crippen LogP contribution in [0.3, 0.4) is 0 Å². The van der Waals surface area contributed by atoms with Gasteiger partial charge in [0.1, 0.15) is 44.8 Å². The quantitative estimate of drug-likeness (QED) is 0.0358. The minimum Gasteiger partial charge on any atom is -0.397 e. The number of pyridine rings is 12. The Morgan fingerprint density at radius 2 is 0.727 bits per heavy atom. The largest absolute Gasteiger partial charge is 0.397 e. The van der Waals surface area contributed by atoms with Crippen molar-refractivity contribution in [1.29, 1.82) is 0 Å². The molecule has 0 unspecified atom stereocenters. The van der Waals surface area contributed by atoms with Crippen molar-refractivity contribution in [2.45, 2.75) is 45.7 Å². The molecule has 31 nitrogen and oxygen atoms in total. The predicted molar refractivity (Wildman–Crippen MR) is 509 cm³/mol. The number of halogens is 3. The highest BCUT2D eigenvalue weighted by molar-refractivity contribution is 7.15. The smallest absolute Gasteiger partial charge is 0.181 e. The van der Waals surface area contributed by atoms with Gasteiger partial charge in [-0.2, -0.15) is 33.6 Å². The van der Waals surface area contributed by atoms with Crippen molar-refractivity contribution in [2.24, 2.45) is 5.92 Å². The van der Waals surface area contributed by atoms with Gasteiger partial charge in [0, 0.05) is 199 Å². The fourth-order valence-electron chi connectivity index (χ4n) is 16.2. The van der Waals surface area contributed by atoms with E-state index in [2.05, 4.69) is 168 Å². The summed E-state index contributed by atoms with van der Waals surface area (Å²) in [6.07, 6.45) is 40.9. The second-order valence-electron chi connectivity index (χ2n) is 31.2. The molecule has 0 aromatic carbocycles. The molecule has 0 spiro atoms. The Morgan fingerprint density at radius 3 is 1.09 bits per heavy atom. The lowest BCUT2D eigenvalue weighted by molar-refractivity contribution is 0.489. The number of nitrogens with zero attached hydrogens (tertiary/aromatic N) is 20. The predicted octanol–water partition coefficient (Wildman–Crippen LogP) is 20.1. The highest BCUT2D eigenvalue weighted by atomic mass is 32.1. The third kappa shape index (κ3) is 16.5. The number of hydrogen-bond donors (Lipinski definition) is 11. The Hall–Kier alpha value is -16.1. The van der Waals surface area contributed by atoms with Gasteiger partial charge < -0.3 is 36.3 Å². The van der Waals surface area contributed by atoms with Crippen molar-refractivity contribution in [1.82, 2.24) is 151 Å². The van der Waals surface area contributed by atoms with Crippen molar-refractivity contribution in [2.75, 3.05) is 18.8 Å². The molecule has 24 aromatic rings. The Bertz CT molecular complexity index is 8340. The van der Waals surface area contributed by atoms with Gasteiger partial charge in [-0.15, -0.1) is 45.3 Å². The standard InChI is InChI=1S/C28H26N8S.C24H19FN8S.C21H13FN8S.C21H12FN7S/c1-2-5-17(4-1)10-29-11-18-8-19(13-30-12-18)20-9-21-26(35-36-27(21)32-14-20)28-33-23-16-31-15-22(25(23)34-28)24-6-3-7-37-24;1-2-26-7-13-5-14(9-27-8-13)15-6-16-22(32-33-23(16)29-10-15)24-30-18-12-28-11-17(21(18)31-24)19-3-4-20(25)34-19;22-17-2-1-16(31-17)14-8-25-9-15-18(14)28-21(27-15)19-13-4-11(6-26-20(13)30-29-19)10-3-12(23)7-24-5-10;22-17-4-3-16(30-17)14-9-24-10-15-18(14)27-21(26-15)19-13-6-12(8-25-20(13)29-28-19)11-2-1-5-23-7-11/h3,6-9,12-17,29H,1-2,4-5,10-11H2,(H,33,34)(H,32,35,36);3-6,8-12,26H,2,7H2,1H3,(H,30,31)(H,29,32,33);1-9H,23H2,(H,27,28)(H,26,29,30);1-10H,(H,26,27)(H,25,28,29). The maximum atomic E-state index is 13.6. The molecule has 24 heterocycles. The molecule has 1 aliphatic rings. The van der Waals surface area contributed by atoms with Crippen LogP contribution in [-0.2, 0) is 13.1 Å². The first-order chi connectivity index (χ1) is 64.9. The van der Waals surface area contributed by atoms with E-state index in [1.807, 2.05) is 85.8 Å². The van der Waals surface area contributed by atoms with E-state index in [1.165, 1.54) is 49.4 Å². The summed E-state index contributed by atoms with van der Waals surface area (Å²) in [6.45, 7) is 5.63. The minimum absolute atomic E-state index is 0.244. The highest BCUT2D eigenvalue weighted by Gasteiger charge is 2.25. The normalized spacial score (nSPS) is 12.3. The summed E-state index contributed by atoms with van der Waals surface area (Å²) in [5.41, 5.74) is 31.2. The zero-order valence-corrected chi connectivity index (χ0v) is 72.7. The highest BCUT2D eigenvalue weighted by Crippen LogP contribution is 2.41. The van der Waals surface area contributed by atoms with Crippen molar-refractivity contribution < 1.29 is 13.2 Å². The van der Waals surface area contributed by atoms with Gasteiger partial charge in [0.05, 0.1) is 74.1 Å². The lowest BCUT2D eigenvalue weighted by atomic mass is 10.1. The summed E-state index contributed by atoms with van der Waals surface area (Å²) in [7, 11) is 0. The molecule has 24 aromatic heterocycles. The maximum absolute atomic E-state index is 13.6. The van der Waals surface area contributed by atoms with E-state index in [1.54, 1.807) is 110 Å². The number of aromatic nitrogens is 28. The number of hydrogen-bond acceptors (Lipinski definition) is 27. The molecule has 0 amide bonds. The molecular weight excluding hydrogens is 1750 g/mol. The molecule has 25 rings (SSSR count). The van der Waals surface area contributed by atoms with Crippen LogP contribution in [0.15, 0.2) is 232 Å². The number of nitrogen functional groups attached to an aromatic ring is 1. The summed E-state index contributed by atoms with van der Waals surface area (Å²) in [5.74, 6) is 3.35. The van der Waals surface area contributed by atoms with E-state index < -0.39 is 0 Å². The molecule has 38 heteroatoms. The van der Waals surface area contributed by atoms with E-state index in [4.69, 9.17) is 25.7 Å². The number of rotatable bonds is 19. The van der Waals surface area contributed by atoms with Crippen LogP contribution in [0.4, 0.5) is 18.9 Å². The Kier molecular flexibility index (Phi) is 21.9. The van der Waals surface area contributed by atoms with E-state index in [-0.39, 0.29) is 15.4 Å². The molecule has 1 aliphatic carbocycles. The van der Waals surface area contributed by atoms with E-state index in [0.29, 0.717) is 62.8 Å². The summed E-state index contributed by atoms with van der Waals surface area (Å²) >= 11 is 4.87. The van der Waals surface area contributed by atoms with Gasteiger partial charge >= 0.3 is 0 Å². The van der Waals surface area contributed by atoms with Crippen LogP contribution < -0.4 is 16.4 Å². The average Bonchev–Trinajstić information content (AvgIpc) is 1.63. The van der Waals surface area contributed by atoms with Gasteiger partial charge in [-0.05, 0) is 139 Å². The van der Waals surface area contributed by atoms with E-state index >= 15 is 0 Å². The van der Waals surface area contributed by atoms with Crippen LogP contribution in [-0.4, -0.2) is 154 Å². The number of nitrogens with two attached hydrogens (primary N) is 1.